The number of phenols is 2. The minimum atomic E-state index is -0.188. The number of thiazole rings is 1. The van der Waals surface area contributed by atoms with Gasteiger partial charge in [0.15, 0.2) is 0 Å². The van der Waals surface area contributed by atoms with Gasteiger partial charge in [-0.3, -0.25) is 9.89 Å². The van der Waals surface area contributed by atoms with Gasteiger partial charge in [-0.25, -0.2) is 4.98 Å². The third-order valence-electron chi connectivity index (χ3n) is 3.93. The van der Waals surface area contributed by atoms with Gasteiger partial charge in [0.05, 0.1) is 5.69 Å². The fraction of sp³-hybridized carbons (Fsp3) is 0.0526. The summed E-state index contributed by atoms with van der Waals surface area (Å²) in [6.07, 6.45) is 0.507. The maximum absolute atomic E-state index is 12.3. The fourth-order valence-electron chi connectivity index (χ4n) is 2.70. The van der Waals surface area contributed by atoms with Crippen molar-refractivity contribution < 1.29 is 10.2 Å². The Balaban J connectivity index is 1.62. The Kier molecular flexibility index (Phi) is 4.06. The number of phenolic OH excluding ortho intramolecular Hbond substituents is 2. The zero-order chi connectivity index (χ0) is 18.1. The van der Waals surface area contributed by atoms with Gasteiger partial charge < -0.3 is 10.2 Å². The lowest BCUT2D eigenvalue weighted by Crippen LogP contribution is -2.13. The molecule has 0 fully saturated rings. The van der Waals surface area contributed by atoms with E-state index in [4.69, 9.17) is 0 Å². The van der Waals surface area contributed by atoms with Crippen LogP contribution in [0.25, 0.3) is 16.4 Å². The van der Waals surface area contributed by atoms with Crippen LogP contribution in [0.2, 0.25) is 0 Å². The molecule has 130 valence electrons. The Morgan fingerprint density at radius 1 is 1.04 bits per heavy atom. The second-order valence-corrected chi connectivity index (χ2v) is 6.70. The number of aromatic amines is 1. The summed E-state index contributed by atoms with van der Waals surface area (Å²) in [6, 6.07) is 15.2. The van der Waals surface area contributed by atoms with Crippen LogP contribution in [-0.4, -0.2) is 25.0 Å². The molecule has 2 aromatic carbocycles. The van der Waals surface area contributed by atoms with Crippen LogP contribution in [0, 0.1) is 0 Å². The molecule has 0 saturated carbocycles. The molecule has 0 aliphatic rings. The summed E-state index contributed by atoms with van der Waals surface area (Å²) in [4.78, 5) is 16.8. The van der Waals surface area contributed by atoms with Crippen molar-refractivity contribution in [3.8, 4) is 27.9 Å². The SMILES string of the molecule is O=c1cc(Cc2cccc(O)c2)[nH]n1-c1nc(-c2ccc(O)cc2)cs1. The predicted octanol–water partition coefficient (Wildman–Crippen LogP) is 3.29. The number of aromatic hydroxyl groups is 2. The zero-order valence-corrected chi connectivity index (χ0v) is 14.4. The normalized spacial score (nSPS) is 10.9. The van der Waals surface area contributed by atoms with Gasteiger partial charge in [0.2, 0.25) is 5.13 Å². The third-order valence-corrected chi connectivity index (χ3v) is 4.75. The van der Waals surface area contributed by atoms with E-state index < -0.39 is 0 Å². The lowest BCUT2D eigenvalue weighted by atomic mass is 10.1. The molecular weight excluding hydrogens is 350 g/mol. The summed E-state index contributed by atoms with van der Waals surface area (Å²) in [5.74, 6) is 0.393. The van der Waals surface area contributed by atoms with Crippen LogP contribution >= 0.6 is 11.3 Å². The van der Waals surface area contributed by atoms with Gasteiger partial charge in [0.1, 0.15) is 11.5 Å². The molecule has 0 spiro atoms. The van der Waals surface area contributed by atoms with Gasteiger partial charge in [-0.15, -0.1) is 11.3 Å². The number of aromatic nitrogens is 3. The third kappa shape index (κ3) is 3.25. The number of nitrogens with one attached hydrogen (secondary N) is 1. The van der Waals surface area contributed by atoms with E-state index in [1.807, 2.05) is 11.4 Å². The van der Waals surface area contributed by atoms with Crippen molar-refractivity contribution in [2.75, 3.05) is 0 Å². The highest BCUT2D eigenvalue weighted by atomic mass is 32.1. The molecule has 4 rings (SSSR count). The molecule has 7 heteroatoms. The van der Waals surface area contributed by atoms with Crippen molar-refractivity contribution in [2.24, 2.45) is 0 Å². The Morgan fingerprint density at radius 3 is 2.62 bits per heavy atom. The summed E-state index contributed by atoms with van der Waals surface area (Å²) in [5, 5.41) is 24.4. The van der Waals surface area contributed by atoms with E-state index in [2.05, 4.69) is 10.1 Å². The van der Waals surface area contributed by atoms with Crippen molar-refractivity contribution in [2.45, 2.75) is 6.42 Å². The highest BCUT2D eigenvalue weighted by molar-refractivity contribution is 7.12. The van der Waals surface area contributed by atoms with E-state index in [9.17, 15) is 15.0 Å². The van der Waals surface area contributed by atoms with Gasteiger partial charge >= 0.3 is 0 Å². The molecule has 0 saturated heterocycles. The molecule has 3 N–H and O–H groups in total. The topological polar surface area (TPSA) is 91.1 Å². The Morgan fingerprint density at radius 2 is 1.85 bits per heavy atom. The summed E-state index contributed by atoms with van der Waals surface area (Å²) >= 11 is 1.36. The molecule has 0 aliphatic heterocycles. The molecule has 0 unspecified atom stereocenters. The molecular formula is C19H15N3O3S. The monoisotopic (exact) mass is 365 g/mol. The Hall–Kier alpha value is -3.32. The molecule has 0 bridgehead atoms. The van der Waals surface area contributed by atoms with E-state index in [0.29, 0.717) is 11.6 Å². The number of rotatable bonds is 4. The van der Waals surface area contributed by atoms with E-state index in [1.165, 1.54) is 22.1 Å². The molecule has 4 aromatic rings. The fourth-order valence-corrected chi connectivity index (χ4v) is 3.49. The van der Waals surface area contributed by atoms with Gasteiger partial charge in [0, 0.05) is 29.1 Å². The Bertz CT molecular complexity index is 1110. The second-order valence-electron chi connectivity index (χ2n) is 5.86. The van der Waals surface area contributed by atoms with Crippen LogP contribution in [0.15, 0.2) is 64.8 Å². The van der Waals surface area contributed by atoms with Gasteiger partial charge in [-0.2, -0.15) is 4.68 Å². The van der Waals surface area contributed by atoms with Crippen molar-refractivity contribution in [3.05, 3.63) is 81.6 Å². The van der Waals surface area contributed by atoms with Crippen LogP contribution in [0.1, 0.15) is 11.3 Å². The lowest BCUT2D eigenvalue weighted by Gasteiger charge is -2.00. The molecule has 0 atom stereocenters. The van der Waals surface area contributed by atoms with E-state index >= 15 is 0 Å². The standard InChI is InChI=1S/C19H15N3O3S/c23-15-6-4-13(5-7-15)17-11-26-19(20-17)22-18(25)10-14(21-22)8-12-2-1-3-16(24)9-12/h1-7,9-11,21,23-24H,8H2. The first kappa shape index (κ1) is 16.2. The van der Waals surface area contributed by atoms with E-state index in [-0.39, 0.29) is 17.1 Å². The summed E-state index contributed by atoms with van der Waals surface area (Å²) < 4.78 is 1.41. The molecule has 2 heterocycles. The molecule has 0 amide bonds. The molecule has 26 heavy (non-hydrogen) atoms. The maximum Gasteiger partial charge on any atom is 0.273 e. The van der Waals surface area contributed by atoms with Crippen LogP contribution < -0.4 is 5.56 Å². The summed E-state index contributed by atoms with van der Waals surface area (Å²) in [5.41, 5.74) is 3.06. The first-order valence-corrected chi connectivity index (χ1v) is 8.80. The number of hydrogen-bond acceptors (Lipinski definition) is 5. The number of nitrogens with zero attached hydrogens (tertiary/aromatic N) is 2. The maximum atomic E-state index is 12.3. The van der Waals surface area contributed by atoms with Crippen molar-refractivity contribution in [3.63, 3.8) is 0 Å². The van der Waals surface area contributed by atoms with Gasteiger partial charge in [-0.1, -0.05) is 12.1 Å². The average Bonchev–Trinajstić information content (AvgIpc) is 3.22. The summed E-state index contributed by atoms with van der Waals surface area (Å²) in [6.45, 7) is 0. The lowest BCUT2D eigenvalue weighted by molar-refractivity contribution is 0.474. The second kappa shape index (κ2) is 6.53. The van der Waals surface area contributed by atoms with Crippen LogP contribution in [-0.2, 0) is 6.42 Å². The largest absolute Gasteiger partial charge is 0.508 e. The zero-order valence-electron chi connectivity index (χ0n) is 13.6. The average molecular weight is 365 g/mol. The van der Waals surface area contributed by atoms with Crippen LogP contribution in [0.4, 0.5) is 0 Å². The van der Waals surface area contributed by atoms with Gasteiger partial charge in [-0.05, 0) is 42.0 Å². The minimum absolute atomic E-state index is 0.188. The van der Waals surface area contributed by atoms with Crippen molar-refractivity contribution in [1.29, 1.82) is 0 Å². The molecule has 2 aromatic heterocycles. The van der Waals surface area contributed by atoms with E-state index in [0.717, 1.165) is 22.5 Å². The number of H-pyrrole nitrogens is 1. The van der Waals surface area contributed by atoms with Gasteiger partial charge in [0.25, 0.3) is 5.56 Å². The number of benzene rings is 2. The highest BCUT2D eigenvalue weighted by Crippen LogP contribution is 2.25. The molecule has 0 radical (unpaired) electrons. The first-order valence-electron chi connectivity index (χ1n) is 7.93. The minimum Gasteiger partial charge on any atom is -0.508 e. The van der Waals surface area contributed by atoms with Crippen molar-refractivity contribution in [1.82, 2.24) is 14.8 Å². The molecule has 0 aliphatic carbocycles. The highest BCUT2D eigenvalue weighted by Gasteiger charge is 2.11. The van der Waals surface area contributed by atoms with E-state index in [1.54, 1.807) is 42.5 Å². The Labute approximate surface area is 152 Å². The predicted molar refractivity (Wildman–Crippen MR) is 100 cm³/mol. The van der Waals surface area contributed by atoms with Crippen molar-refractivity contribution >= 4 is 11.3 Å². The smallest absolute Gasteiger partial charge is 0.273 e. The van der Waals surface area contributed by atoms with Crippen LogP contribution in [0.5, 0.6) is 11.5 Å². The van der Waals surface area contributed by atoms with Crippen LogP contribution in [0.3, 0.4) is 0 Å². The first-order chi connectivity index (χ1) is 12.6. The quantitative estimate of drug-likeness (QED) is 0.517. The number of hydrogen-bond donors (Lipinski definition) is 3. The summed E-state index contributed by atoms with van der Waals surface area (Å²) in [7, 11) is 0. The molecule has 6 nitrogen and oxygen atoms in total.